The molecular formula is C14H23N3O. The molecule has 100 valence electrons. The molecule has 0 aliphatic rings. The van der Waals surface area contributed by atoms with E-state index in [4.69, 9.17) is 5.73 Å². The van der Waals surface area contributed by atoms with Gasteiger partial charge in [0, 0.05) is 11.4 Å². The van der Waals surface area contributed by atoms with E-state index >= 15 is 0 Å². The van der Waals surface area contributed by atoms with Crippen LogP contribution in [0.1, 0.15) is 26.2 Å². The monoisotopic (exact) mass is 249 g/mol. The molecule has 0 heterocycles. The fourth-order valence-electron chi connectivity index (χ4n) is 1.72. The molecule has 0 spiro atoms. The van der Waals surface area contributed by atoms with Gasteiger partial charge in [-0.05, 0) is 44.3 Å². The summed E-state index contributed by atoms with van der Waals surface area (Å²) >= 11 is 0. The van der Waals surface area contributed by atoms with Gasteiger partial charge in [-0.25, -0.2) is 0 Å². The number of nitrogen functional groups attached to an aromatic ring is 1. The Morgan fingerprint density at radius 3 is 2.56 bits per heavy atom. The Morgan fingerprint density at radius 1 is 1.28 bits per heavy atom. The summed E-state index contributed by atoms with van der Waals surface area (Å²) in [7, 11) is 1.97. The van der Waals surface area contributed by atoms with Crippen LogP contribution in [0.5, 0.6) is 0 Å². The molecule has 1 aromatic carbocycles. The van der Waals surface area contributed by atoms with E-state index in [0.717, 1.165) is 18.7 Å². The second-order valence-corrected chi connectivity index (χ2v) is 4.62. The summed E-state index contributed by atoms with van der Waals surface area (Å²) in [5.74, 6) is 0.0127. The summed E-state index contributed by atoms with van der Waals surface area (Å²) in [4.78, 5) is 13.8. The molecule has 4 nitrogen and oxygen atoms in total. The zero-order chi connectivity index (χ0) is 13.4. The number of anilines is 2. The lowest BCUT2D eigenvalue weighted by molar-refractivity contribution is -0.117. The van der Waals surface area contributed by atoms with E-state index < -0.39 is 0 Å². The molecule has 1 amide bonds. The van der Waals surface area contributed by atoms with Gasteiger partial charge in [-0.1, -0.05) is 19.8 Å². The average molecular weight is 249 g/mol. The van der Waals surface area contributed by atoms with Crippen molar-refractivity contribution in [2.75, 3.05) is 31.2 Å². The second kappa shape index (κ2) is 7.71. The van der Waals surface area contributed by atoms with Gasteiger partial charge >= 0.3 is 0 Å². The van der Waals surface area contributed by atoms with Crippen molar-refractivity contribution in [3.63, 3.8) is 0 Å². The first-order chi connectivity index (χ1) is 8.61. The van der Waals surface area contributed by atoms with E-state index in [1.165, 1.54) is 12.8 Å². The lowest BCUT2D eigenvalue weighted by Gasteiger charge is -2.15. The van der Waals surface area contributed by atoms with E-state index in [2.05, 4.69) is 12.2 Å². The van der Waals surface area contributed by atoms with Crippen LogP contribution in [0.3, 0.4) is 0 Å². The van der Waals surface area contributed by atoms with Crippen LogP contribution in [0.2, 0.25) is 0 Å². The number of nitrogens with zero attached hydrogens (tertiary/aromatic N) is 1. The highest BCUT2D eigenvalue weighted by Gasteiger charge is 2.06. The number of hydrogen-bond acceptors (Lipinski definition) is 3. The van der Waals surface area contributed by atoms with E-state index in [1.807, 2.05) is 24.1 Å². The number of carbonyl (C=O) groups excluding carboxylic acids is 1. The minimum atomic E-state index is 0.0127. The number of amides is 1. The molecule has 4 heteroatoms. The molecule has 0 radical (unpaired) electrons. The fourth-order valence-corrected chi connectivity index (χ4v) is 1.72. The minimum absolute atomic E-state index is 0.0127. The maximum absolute atomic E-state index is 11.8. The average Bonchev–Trinajstić information content (AvgIpc) is 2.32. The Morgan fingerprint density at radius 2 is 1.94 bits per heavy atom. The largest absolute Gasteiger partial charge is 0.399 e. The number of likely N-dealkylation sites (N-methyl/N-ethyl adjacent to an activating group) is 1. The molecule has 0 saturated carbocycles. The second-order valence-electron chi connectivity index (χ2n) is 4.62. The predicted octanol–water partition coefficient (Wildman–Crippen LogP) is 2.33. The number of nitrogens with one attached hydrogen (secondary N) is 1. The van der Waals surface area contributed by atoms with Crippen molar-refractivity contribution in [1.29, 1.82) is 0 Å². The van der Waals surface area contributed by atoms with Crippen molar-refractivity contribution in [1.82, 2.24) is 4.90 Å². The minimum Gasteiger partial charge on any atom is -0.399 e. The summed E-state index contributed by atoms with van der Waals surface area (Å²) < 4.78 is 0. The molecule has 0 aromatic heterocycles. The van der Waals surface area contributed by atoms with E-state index in [9.17, 15) is 4.79 Å². The van der Waals surface area contributed by atoms with Crippen LogP contribution in [-0.2, 0) is 4.79 Å². The van der Waals surface area contributed by atoms with Gasteiger partial charge in [0.15, 0.2) is 0 Å². The molecule has 0 bridgehead atoms. The van der Waals surface area contributed by atoms with Crippen molar-refractivity contribution in [2.45, 2.75) is 26.2 Å². The molecular weight excluding hydrogens is 226 g/mol. The van der Waals surface area contributed by atoms with Crippen molar-refractivity contribution in [3.05, 3.63) is 24.3 Å². The molecule has 0 atom stereocenters. The van der Waals surface area contributed by atoms with Gasteiger partial charge in [0.25, 0.3) is 0 Å². The molecule has 0 saturated heterocycles. The standard InChI is InChI=1S/C14H23N3O/c1-3-4-5-10-17(2)11-14(18)16-13-8-6-12(15)7-9-13/h6-9H,3-5,10-11,15H2,1-2H3,(H,16,18). The third-order valence-corrected chi connectivity index (χ3v) is 2.75. The number of carbonyl (C=O) groups is 1. The highest BCUT2D eigenvalue weighted by Crippen LogP contribution is 2.10. The van der Waals surface area contributed by atoms with Crippen LogP contribution in [0.25, 0.3) is 0 Å². The zero-order valence-corrected chi connectivity index (χ0v) is 11.3. The van der Waals surface area contributed by atoms with Crippen LogP contribution in [0, 0.1) is 0 Å². The van der Waals surface area contributed by atoms with Gasteiger partial charge in [-0.2, -0.15) is 0 Å². The molecule has 3 N–H and O–H groups in total. The van der Waals surface area contributed by atoms with Gasteiger partial charge in [0.05, 0.1) is 6.54 Å². The smallest absolute Gasteiger partial charge is 0.238 e. The Labute approximate surface area is 109 Å². The Bertz CT molecular complexity index is 362. The van der Waals surface area contributed by atoms with Gasteiger partial charge < -0.3 is 11.1 Å². The predicted molar refractivity (Wildman–Crippen MR) is 76.5 cm³/mol. The van der Waals surface area contributed by atoms with E-state index in [0.29, 0.717) is 12.2 Å². The maximum Gasteiger partial charge on any atom is 0.238 e. The number of rotatable bonds is 7. The first kappa shape index (κ1) is 14.5. The Kier molecular flexibility index (Phi) is 6.22. The third kappa shape index (κ3) is 5.68. The van der Waals surface area contributed by atoms with Crippen LogP contribution >= 0.6 is 0 Å². The molecule has 0 aliphatic carbocycles. The molecule has 0 fully saturated rings. The van der Waals surface area contributed by atoms with Crippen molar-refractivity contribution in [2.24, 2.45) is 0 Å². The first-order valence-corrected chi connectivity index (χ1v) is 6.45. The molecule has 0 aliphatic heterocycles. The van der Waals surface area contributed by atoms with Gasteiger partial charge in [0.2, 0.25) is 5.91 Å². The number of benzene rings is 1. The van der Waals surface area contributed by atoms with Crippen LogP contribution in [-0.4, -0.2) is 30.9 Å². The summed E-state index contributed by atoms with van der Waals surface area (Å²) in [5.41, 5.74) is 7.07. The van der Waals surface area contributed by atoms with Crippen molar-refractivity contribution >= 4 is 17.3 Å². The molecule has 0 unspecified atom stereocenters. The zero-order valence-electron chi connectivity index (χ0n) is 11.3. The molecule has 1 rings (SSSR count). The van der Waals surface area contributed by atoms with Crippen LogP contribution in [0.15, 0.2) is 24.3 Å². The molecule has 18 heavy (non-hydrogen) atoms. The summed E-state index contributed by atoms with van der Waals surface area (Å²) in [6.07, 6.45) is 3.55. The normalized spacial score (nSPS) is 10.6. The van der Waals surface area contributed by atoms with Gasteiger partial charge in [0.1, 0.15) is 0 Å². The maximum atomic E-state index is 11.8. The number of hydrogen-bond donors (Lipinski definition) is 2. The van der Waals surface area contributed by atoms with Gasteiger partial charge in [-0.3, -0.25) is 9.69 Å². The van der Waals surface area contributed by atoms with Crippen LogP contribution in [0.4, 0.5) is 11.4 Å². The third-order valence-electron chi connectivity index (χ3n) is 2.75. The topological polar surface area (TPSA) is 58.4 Å². The molecule has 1 aromatic rings. The number of nitrogens with two attached hydrogens (primary N) is 1. The number of unbranched alkanes of at least 4 members (excludes halogenated alkanes) is 2. The summed E-state index contributed by atoms with van der Waals surface area (Å²) in [5, 5.41) is 2.85. The SMILES string of the molecule is CCCCCN(C)CC(=O)Nc1ccc(N)cc1. The van der Waals surface area contributed by atoms with Crippen molar-refractivity contribution < 1.29 is 4.79 Å². The van der Waals surface area contributed by atoms with Crippen LogP contribution < -0.4 is 11.1 Å². The lowest BCUT2D eigenvalue weighted by Crippen LogP contribution is -2.30. The van der Waals surface area contributed by atoms with E-state index in [-0.39, 0.29) is 5.91 Å². The Balaban J connectivity index is 2.30. The summed E-state index contributed by atoms with van der Waals surface area (Å²) in [6, 6.07) is 7.18. The van der Waals surface area contributed by atoms with E-state index in [1.54, 1.807) is 12.1 Å². The summed E-state index contributed by atoms with van der Waals surface area (Å²) in [6.45, 7) is 3.56. The quantitative estimate of drug-likeness (QED) is 0.576. The van der Waals surface area contributed by atoms with Gasteiger partial charge in [-0.15, -0.1) is 0 Å². The highest BCUT2D eigenvalue weighted by atomic mass is 16.2. The lowest BCUT2D eigenvalue weighted by atomic mass is 10.2. The Hall–Kier alpha value is -1.55. The highest BCUT2D eigenvalue weighted by molar-refractivity contribution is 5.92. The van der Waals surface area contributed by atoms with Crippen molar-refractivity contribution in [3.8, 4) is 0 Å². The fraction of sp³-hybridized carbons (Fsp3) is 0.500. The first-order valence-electron chi connectivity index (χ1n) is 6.45.